The Morgan fingerprint density at radius 1 is 1.15 bits per heavy atom. The molecule has 2 fully saturated rings. The third kappa shape index (κ3) is 4.96. The van der Waals surface area contributed by atoms with Crippen LogP contribution in [0.1, 0.15) is 52.8 Å². The summed E-state index contributed by atoms with van der Waals surface area (Å²) in [4.78, 5) is 25.4. The predicted molar refractivity (Wildman–Crippen MR) is 131 cm³/mol. The summed E-state index contributed by atoms with van der Waals surface area (Å²) in [6.45, 7) is 0.833. The van der Waals surface area contributed by atoms with E-state index in [2.05, 4.69) is 9.88 Å². The molecule has 3 aliphatic rings. The molecule has 0 spiro atoms. The van der Waals surface area contributed by atoms with Crippen LogP contribution in [-0.4, -0.2) is 41.6 Å². The molecule has 0 radical (unpaired) electrons. The molecule has 10 heteroatoms. The minimum absolute atomic E-state index is 0. The highest BCUT2D eigenvalue weighted by Gasteiger charge is 2.40. The molecule has 1 aromatic heterocycles. The lowest BCUT2D eigenvalue weighted by molar-refractivity contribution is -0.119. The lowest BCUT2D eigenvalue weighted by Gasteiger charge is -2.37. The van der Waals surface area contributed by atoms with E-state index >= 15 is 0 Å². The number of nitrogens with zero attached hydrogens (tertiary/aromatic N) is 4. The number of aromatic nitrogens is 2. The number of ether oxygens (including phenoxy) is 1. The minimum atomic E-state index is -1.49. The zero-order valence-electron chi connectivity index (χ0n) is 17.7. The first-order valence-corrected chi connectivity index (χ1v) is 10.6. The Bertz CT molecular complexity index is 1010. The summed E-state index contributed by atoms with van der Waals surface area (Å²) < 4.78 is 45.2. The Morgan fingerprint density at radius 3 is 2.50 bits per heavy atom. The lowest BCUT2D eigenvalue weighted by Crippen LogP contribution is -2.49. The van der Waals surface area contributed by atoms with Gasteiger partial charge in [-0.25, -0.2) is 23.1 Å². The fourth-order valence-corrected chi connectivity index (χ4v) is 4.72. The van der Waals surface area contributed by atoms with Gasteiger partial charge in [-0.2, -0.15) is 13.5 Å². The average molecular weight is 499 g/mol. The van der Waals surface area contributed by atoms with E-state index in [0.29, 0.717) is 12.3 Å². The van der Waals surface area contributed by atoms with Crippen molar-refractivity contribution >= 4 is 30.9 Å². The van der Waals surface area contributed by atoms with Gasteiger partial charge in [-0.1, -0.05) is 14.9 Å². The second kappa shape index (κ2) is 10.8. The van der Waals surface area contributed by atoms with Crippen molar-refractivity contribution in [2.75, 3.05) is 23.4 Å². The maximum atomic E-state index is 13.3. The van der Waals surface area contributed by atoms with Crippen LogP contribution in [0.3, 0.4) is 0 Å². The van der Waals surface area contributed by atoms with Gasteiger partial charge in [0.1, 0.15) is 23.3 Å². The quantitative estimate of drug-likeness (QED) is 0.542. The van der Waals surface area contributed by atoms with Gasteiger partial charge in [0.25, 0.3) is 0 Å². The zero-order valence-corrected chi connectivity index (χ0v) is 18.7. The molecule has 6 nitrogen and oxygen atoms in total. The summed E-state index contributed by atoms with van der Waals surface area (Å²) >= 11 is 0. The van der Waals surface area contributed by atoms with Crippen LogP contribution >= 0.6 is 13.5 Å². The molecule has 0 bridgehead atoms. The predicted octanol–water partition coefficient (Wildman–Crippen LogP) is 5.01. The molecule has 2 aromatic rings. The van der Waals surface area contributed by atoms with Crippen molar-refractivity contribution in [1.82, 2.24) is 9.97 Å². The van der Waals surface area contributed by atoms with Gasteiger partial charge in [0.05, 0.1) is 12.3 Å². The summed E-state index contributed by atoms with van der Waals surface area (Å²) in [5, 5.41) is 0. The molecular formula is C24H33F3N4O2S. The number of rotatable bonds is 5. The van der Waals surface area contributed by atoms with Crippen LogP contribution in [0.2, 0.25) is 0 Å². The van der Waals surface area contributed by atoms with Crippen LogP contribution in [0.25, 0.3) is 0 Å². The minimum Gasteiger partial charge on any atom is -0.490 e. The number of aryl methyl sites for hydroxylation is 1. The number of benzene rings is 1. The highest BCUT2D eigenvalue weighted by molar-refractivity contribution is 7.59. The van der Waals surface area contributed by atoms with Crippen molar-refractivity contribution in [2.24, 2.45) is 5.92 Å². The lowest BCUT2D eigenvalue weighted by atomic mass is 9.79. The molecule has 34 heavy (non-hydrogen) atoms. The summed E-state index contributed by atoms with van der Waals surface area (Å²) in [7, 11) is 1.77. The molecule has 0 unspecified atom stereocenters. The van der Waals surface area contributed by atoms with Crippen LogP contribution in [0.5, 0.6) is 5.75 Å². The van der Waals surface area contributed by atoms with Crippen LogP contribution in [0.4, 0.5) is 24.7 Å². The standard InChI is InChI=1S/C22H23F3N4O2.2CH4.H2S/c1-28-18-11-26-19(27-21(18)29-6-2-3-17(29)22(28)30)5-4-12-7-13(8-12)31-14-9-15(23)20(25)16(24)10-14;;;/h9-13,17H,2-8H2,1H3;2*1H4;1H2/t12?,13?,17-;;;/m0.../s1. The van der Waals surface area contributed by atoms with Crippen molar-refractivity contribution in [3.8, 4) is 5.75 Å². The van der Waals surface area contributed by atoms with Gasteiger partial charge in [-0.15, -0.1) is 0 Å². The Morgan fingerprint density at radius 2 is 1.82 bits per heavy atom. The Hall–Kier alpha value is -2.49. The van der Waals surface area contributed by atoms with Crippen LogP contribution in [-0.2, 0) is 11.2 Å². The highest BCUT2D eigenvalue weighted by atomic mass is 32.1. The maximum Gasteiger partial charge on any atom is 0.249 e. The van der Waals surface area contributed by atoms with Gasteiger partial charge < -0.3 is 14.5 Å². The van der Waals surface area contributed by atoms with E-state index in [0.717, 1.165) is 68.1 Å². The smallest absolute Gasteiger partial charge is 0.249 e. The average Bonchev–Trinajstić information content (AvgIpc) is 3.22. The fourth-order valence-electron chi connectivity index (χ4n) is 4.72. The molecule has 1 aliphatic carbocycles. The first-order valence-electron chi connectivity index (χ1n) is 10.6. The summed E-state index contributed by atoms with van der Waals surface area (Å²) in [6, 6.07) is 1.63. The molecule has 0 N–H and O–H groups in total. The molecule has 2 aliphatic heterocycles. The summed E-state index contributed by atoms with van der Waals surface area (Å²) in [5.41, 5.74) is 0.753. The largest absolute Gasteiger partial charge is 0.490 e. The van der Waals surface area contributed by atoms with Crippen molar-refractivity contribution in [3.05, 3.63) is 41.6 Å². The third-order valence-electron chi connectivity index (χ3n) is 6.53. The van der Waals surface area contributed by atoms with Crippen LogP contribution in [0.15, 0.2) is 18.3 Å². The summed E-state index contributed by atoms with van der Waals surface area (Å²) in [5.74, 6) is -1.88. The number of carbonyl (C=O) groups is 1. The SMILES string of the molecule is C.C.CN1C(=O)[C@@H]2CCCN2c2nc(CCC3CC(Oc4cc(F)c(F)c(F)c4)C3)ncc21.S. The monoisotopic (exact) mass is 498 g/mol. The number of hydrogen-bond acceptors (Lipinski definition) is 5. The topological polar surface area (TPSA) is 58.6 Å². The van der Waals surface area contributed by atoms with Gasteiger partial charge in [0.2, 0.25) is 5.91 Å². The van der Waals surface area contributed by atoms with Gasteiger partial charge in [-0.05, 0) is 38.0 Å². The van der Waals surface area contributed by atoms with E-state index in [-0.39, 0.29) is 52.2 Å². The van der Waals surface area contributed by atoms with E-state index in [1.165, 1.54) is 0 Å². The van der Waals surface area contributed by atoms with Crippen LogP contribution in [0, 0.1) is 23.4 Å². The van der Waals surface area contributed by atoms with E-state index < -0.39 is 17.5 Å². The molecule has 1 atom stereocenters. The number of anilines is 2. The van der Waals surface area contributed by atoms with Crippen molar-refractivity contribution in [2.45, 2.75) is 65.5 Å². The van der Waals surface area contributed by atoms with Crippen molar-refractivity contribution in [1.29, 1.82) is 0 Å². The maximum absolute atomic E-state index is 13.3. The third-order valence-corrected chi connectivity index (χ3v) is 6.53. The number of halogens is 3. The summed E-state index contributed by atoms with van der Waals surface area (Å²) in [6.07, 6.45) is 6.54. The molecule has 3 heterocycles. The Kier molecular flexibility index (Phi) is 8.85. The van der Waals surface area contributed by atoms with Crippen molar-refractivity contribution < 1.29 is 22.7 Å². The highest BCUT2D eigenvalue weighted by Crippen LogP contribution is 2.38. The molecular weight excluding hydrogens is 465 g/mol. The van der Waals surface area contributed by atoms with Gasteiger partial charge in [0.15, 0.2) is 23.3 Å². The second-order valence-corrected chi connectivity index (χ2v) is 8.56. The number of amides is 1. The first kappa shape index (κ1) is 27.8. The number of likely N-dealkylation sites (N-methyl/N-ethyl adjacent to an activating group) is 1. The first-order chi connectivity index (χ1) is 14.9. The van der Waals surface area contributed by atoms with Crippen molar-refractivity contribution in [3.63, 3.8) is 0 Å². The number of carbonyl (C=O) groups excluding carboxylic acids is 1. The molecule has 188 valence electrons. The molecule has 1 saturated carbocycles. The van der Waals surface area contributed by atoms with E-state index in [1.54, 1.807) is 18.1 Å². The van der Waals surface area contributed by atoms with E-state index in [9.17, 15) is 18.0 Å². The van der Waals surface area contributed by atoms with E-state index in [1.807, 2.05) is 0 Å². The zero-order chi connectivity index (χ0) is 21.7. The molecule has 1 saturated heterocycles. The molecule has 1 aromatic carbocycles. The van der Waals surface area contributed by atoms with Crippen LogP contribution < -0.4 is 14.5 Å². The Balaban J connectivity index is 0.00000136. The normalized spacial score (nSPS) is 22.5. The van der Waals surface area contributed by atoms with E-state index in [4.69, 9.17) is 9.72 Å². The fraction of sp³-hybridized carbons (Fsp3) is 0.542. The number of hydrogen-bond donors (Lipinski definition) is 0. The van der Waals surface area contributed by atoms with Gasteiger partial charge >= 0.3 is 0 Å². The molecule has 5 rings (SSSR count). The Labute approximate surface area is 206 Å². The number of fused-ring (bicyclic) bond motifs is 3. The van der Waals surface area contributed by atoms with Gasteiger partial charge in [0, 0.05) is 32.1 Å². The van der Waals surface area contributed by atoms with Gasteiger partial charge in [-0.3, -0.25) is 4.79 Å². The second-order valence-electron chi connectivity index (χ2n) is 8.56. The molecule has 1 amide bonds.